The summed E-state index contributed by atoms with van der Waals surface area (Å²) in [7, 11) is 0. The second kappa shape index (κ2) is 4.82. The van der Waals surface area contributed by atoms with Gasteiger partial charge in [-0.25, -0.2) is 4.79 Å². The predicted molar refractivity (Wildman–Crippen MR) is 76.6 cm³/mol. The molecule has 2 aromatic carbocycles. The van der Waals surface area contributed by atoms with E-state index in [4.69, 9.17) is 0 Å². The first kappa shape index (κ1) is 11.9. The van der Waals surface area contributed by atoms with Gasteiger partial charge in [-0.05, 0) is 36.2 Å². The van der Waals surface area contributed by atoms with E-state index in [2.05, 4.69) is 0 Å². The van der Waals surface area contributed by atoms with Gasteiger partial charge in [-0.2, -0.15) is 0 Å². The van der Waals surface area contributed by atoms with Crippen molar-refractivity contribution in [3.05, 3.63) is 66.4 Å². The third kappa shape index (κ3) is 2.22. The van der Waals surface area contributed by atoms with E-state index in [0.29, 0.717) is 0 Å². The van der Waals surface area contributed by atoms with Crippen molar-refractivity contribution in [3.8, 4) is 0 Å². The molecule has 0 fully saturated rings. The number of hydrogen-bond acceptors (Lipinski definition) is 2. The van der Waals surface area contributed by atoms with Gasteiger partial charge in [0, 0.05) is 10.3 Å². The highest BCUT2D eigenvalue weighted by molar-refractivity contribution is 7.98. The monoisotopic (exact) mass is 269 g/mol. The quantitative estimate of drug-likeness (QED) is 0.784. The van der Waals surface area contributed by atoms with Crippen LogP contribution < -0.4 is 0 Å². The van der Waals surface area contributed by atoms with Crippen LogP contribution in [0.4, 0.5) is 0 Å². The van der Waals surface area contributed by atoms with E-state index in [1.54, 1.807) is 10.0 Å². The fourth-order valence-electron chi connectivity index (χ4n) is 1.96. The molecule has 1 aromatic heterocycles. The maximum Gasteiger partial charge on any atom is 0.353 e. The van der Waals surface area contributed by atoms with Crippen molar-refractivity contribution in [2.45, 2.75) is 4.90 Å². The fourth-order valence-corrected chi connectivity index (χ4v) is 2.95. The second-order valence-electron chi connectivity index (χ2n) is 4.09. The minimum absolute atomic E-state index is 0.287. The third-order valence-electron chi connectivity index (χ3n) is 2.83. The molecule has 19 heavy (non-hydrogen) atoms. The third-order valence-corrected chi connectivity index (χ3v) is 3.88. The lowest BCUT2D eigenvalue weighted by molar-refractivity contribution is 0.0690. The molecule has 4 heteroatoms. The van der Waals surface area contributed by atoms with Crippen LogP contribution in [0.5, 0.6) is 0 Å². The van der Waals surface area contributed by atoms with E-state index in [1.165, 1.54) is 11.9 Å². The Morgan fingerprint density at radius 2 is 1.68 bits per heavy atom. The van der Waals surface area contributed by atoms with E-state index in [1.807, 2.05) is 54.6 Å². The van der Waals surface area contributed by atoms with Gasteiger partial charge in [0.05, 0.1) is 5.52 Å². The molecule has 3 rings (SSSR count). The first-order chi connectivity index (χ1) is 9.25. The largest absolute Gasteiger partial charge is 0.477 e. The molecule has 0 aliphatic heterocycles. The number of carbonyl (C=O) groups is 1. The minimum atomic E-state index is -0.917. The number of carboxylic acids is 1. The van der Waals surface area contributed by atoms with Gasteiger partial charge in [0.2, 0.25) is 0 Å². The molecule has 3 aromatic rings. The normalized spacial score (nSPS) is 10.7. The molecule has 0 saturated heterocycles. The van der Waals surface area contributed by atoms with Crippen LogP contribution in [0.1, 0.15) is 10.5 Å². The number of rotatable bonds is 3. The Bertz CT molecular complexity index is 734. The predicted octanol–water partition coefficient (Wildman–Crippen LogP) is 3.89. The number of nitrogens with zero attached hydrogens (tertiary/aromatic N) is 1. The molecule has 0 aliphatic carbocycles. The zero-order chi connectivity index (χ0) is 13.2. The molecule has 94 valence electrons. The summed E-state index contributed by atoms with van der Waals surface area (Å²) in [6, 6.07) is 19.1. The Morgan fingerprint density at radius 3 is 2.42 bits per heavy atom. The molecule has 0 bridgehead atoms. The average molecular weight is 269 g/mol. The Morgan fingerprint density at radius 1 is 1.00 bits per heavy atom. The zero-order valence-electron chi connectivity index (χ0n) is 9.98. The second-order valence-corrected chi connectivity index (χ2v) is 5.11. The molecule has 0 saturated carbocycles. The van der Waals surface area contributed by atoms with E-state index >= 15 is 0 Å². The van der Waals surface area contributed by atoms with Gasteiger partial charge < -0.3 is 5.11 Å². The summed E-state index contributed by atoms with van der Waals surface area (Å²) in [6.45, 7) is 0. The smallest absolute Gasteiger partial charge is 0.353 e. The van der Waals surface area contributed by atoms with Crippen molar-refractivity contribution in [2.75, 3.05) is 0 Å². The summed E-state index contributed by atoms with van der Waals surface area (Å²) in [5.74, 6) is -0.917. The van der Waals surface area contributed by atoms with Gasteiger partial charge in [-0.1, -0.05) is 36.4 Å². The van der Waals surface area contributed by atoms with Gasteiger partial charge in [0.25, 0.3) is 0 Å². The summed E-state index contributed by atoms with van der Waals surface area (Å²) in [6.07, 6.45) is 0. The molecule has 0 unspecified atom stereocenters. The van der Waals surface area contributed by atoms with Gasteiger partial charge in [0.1, 0.15) is 5.69 Å². The number of hydrogen-bond donors (Lipinski definition) is 1. The summed E-state index contributed by atoms with van der Waals surface area (Å²) < 4.78 is 1.76. The Kier molecular flexibility index (Phi) is 3.01. The maximum atomic E-state index is 11.3. The van der Waals surface area contributed by atoms with Crippen molar-refractivity contribution in [3.63, 3.8) is 0 Å². The molecular formula is C15H11NO2S. The number of benzene rings is 2. The lowest BCUT2D eigenvalue weighted by Gasteiger charge is -2.06. The van der Waals surface area contributed by atoms with E-state index in [0.717, 1.165) is 15.8 Å². The zero-order valence-corrected chi connectivity index (χ0v) is 10.8. The van der Waals surface area contributed by atoms with E-state index in [-0.39, 0.29) is 5.69 Å². The molecule has 3 nitrogen and oxygen atoms in total. The molecule has 0 spiro atoms. The number of carboxylic acid groups (broad SMARTS) is 1. The summed E-state index contributed by atoms with van der Waals surface area (Å²) in [5.41, 5.74) is 1.20. The number of aromatic nitrogens is 1. The first-order valence-corrected chi connectivity index (χ1v) is 6.60. The van der Waals surface area contributed by atoms with Crippen molar-refractivity contribution in [2.24, 2.45) is 0 Å². The van der Waals surface area contributed by atoms with Gasteiger partial charge in [-0.15, -0.1) is 0 Å². The molecule has 0 amide bonds. The van der Waals surface area contributed by atoms with Crippen molar-refractivity contribution in [1.82, 2.24) is 3.97 Å². The molecule has 1 heterocycles. The molecule has 1 N–H and O–H groups in total. The molecular weight excluding hydrogens is 258 g/mol. The standard InChI is InChI=1S/C15H11NO2S/c17-15(18)14-10-11-6-4-5-9-13(11)16(14)19-12-7-2-1-3-8-12/h1-10H,(H,17,18). The van der Waals surface area contributed by atoms with Crippen LogP contribution in [0, 0.1) is 0 Å². The lowest BCUT2D eigenvalue weighted by atomic mass is 10.2. The highest BCUT2D eigenvalue weighted by Crippen LogP contribution is 2.29. The van der Waals surface area contributed by atoms with E-state index in [9.17, 15) is 9.90 Å². The topological polar surface area (TPSA) is 42.2 Å². The molecule has 0 atom stereocenters. The first-order valence-electron chi connectivity index (χ1n) is 5.83. The van der Waals surface area contributed by atoms with Crippen LogP contribution in [0.25, 0.3) is 10.9 Å². The SMILES string of the molecule is O=C(O)c1cc2ccccc2n1Sc1ccccc1. The Labute approximate surface area is 114 Å². The molecule has 0 radical (unpaired) electrons. The number of fused-ring (bicyclic) bond motifs is 1. The van der Waals surface area contributed by atoms with Crippen molar-refractivity contribution >= 4 is 28.8 Å². The van der Waals surface area contributed by atoms with E-state index < -0.39 is 5.97 Å². The fraction of sp³-hybridized carbons (Fsp3) is 0. The van der Waals surface area contributed by atoms with Crippen LogP contribution in [0.15, 0.2) is 65.6 Å². The van der Waals surface area contributed by atoms with Crippen LogP contribution in [0.3, 0.4) is 0 Å². The Hall–Kier alpha value is -2.20. The maximum absolute atomic E-state index is 11.3. The summed E-state index contributed by atoms with van der Waals surface area (Å²) >= 11 is 1.41. The van der Waals surface area contributed by atoms with Crippen LogP contribution in [0.2, 0.25) is 0 Å². The summed E-state index contributed by atoms with van der Waals surface area (Å²) in [5, 5.41) is 10.2. The minimum Gasteiger partial charge on any atom is -0.477 e. The number of aromatic carboxylic acids is 1. The van der Waals surface area contributed by atoms with Crippen LogP contribution in [-0.4, -0.2) is 15.0 Å². The van der Waals surface area contributed by atoms with Crippen LogP contribution >= 0.6 is 11.9 Å². The molecule has 0 aliphatic rings. The van der Waals surface area contributed by atoms with Crippen LogP contribution in [-0.2, 0) is 0 Å². The van der Waals surface area contributed by atoms with Crippen molar-refractivity contribution in [1.29, 1.82) is 0 Å². The van der Waals surface area contributed by atoms with Gasteiger partial charge in [-0.3, -0.25) is 3.97 Å². The highest BCUT2D eigenvalue weighted by Gasteiger charge is 2.15. The number of para-hydroxylation sites is 1. The van der Waals surface area contributed by atoms with Gasteiger partial charge in [0.15, 0.2) is 0 Å². The van der Waals surface area contributed by atoms with Crippen molar-refractivity contribution < 1.29 is 9.90 Å². The average Bonchev–Trinajstić information content (AvgIpc) is 2.79. The summed E-state index contributed by atoms with van der Waals surface area (Å²) in [4.78, 5) is 12.4. The lowest BCUT2D eigenvalue weighted by Crippen LogP contribution is -2.02. The highest BCUT2D eigenvalue weighted by atomic mass is 32.2. The van der Waals surface area contributed by atoms with Gasteiger partial charge >= 0.3 is 5.97 Å². The Balaban J connectivity index is 2.15.